The van der Waals surface area contributed by atoms with Gasteiger partial charge in [-0.2, -0.15) is 13.2 Å². The number of hydrogen-bond acceptors (Lipinski definition) is 1. The Kier molecular flexibility index (Phi) is 2.83. The zero-order chi connectivity index (χ0) is 14.5. The molecule has 0 atom stereocenters. The summed E-state index contributed by atoms with van der Waals surface area (Å²) in [4.78, 5) is 13.2. The maximum atomic E-state index is 13.4. The number of H-pyrrole nitrogens is 1. The summed E-state index contributed by atoms with van der Waals surface area (Å²) in [5.74, 6) is -4.80. The lowest BCUT2D eigenvalue weighted by Crippen LogP contribution is -2.20. The molecule has 0 aliphatic heterocycles. The van der Waals surface area contributed by atoms with E-state index in [-0.39, 0.29) is 6.07 Å². The van der Waals surface area contributed by atoms with E-state index in [2.05, 4.69) is 0 Å². The van der Waals surface area contributed by atoms with Crippen LogP contribution in [-0.4, -0.2) is 4.98 Å². The van der Waals surface area contributed by atoms with Gasteiger partial charge >= 0.3 is 6.18 Å². The van der Waals surface area contributed by atoms with Crippen molar-refractivity contribution in [2.24, 2.45) is 0 Å². The molecule has 102 valence electrons. The van der Waals surface area contributed by atoms with Crippen molar-refractivity contribution in [3.63, 3.8) is 0 Å². The molecular formula is C11H5F6NO. The Morgan fingerprint density at radius 1 is 1.11 bits per heavy atom. The molecule has 0 unspecified atom stereocenters. The molecule has 8 heteroatoms. The number of fused-ring (bicyclic) bond motifs is 1. The van der Waals surface area contributed by atoms with Crippen LogP contribution >= 0.6 is 0 Å². The minimum atomic E-state index is -4.94. The first kappa shape index (κ1) is 13.4. The third-order valence-corrected chi connectivity index (χ3v) is 2.65. The topological polar surface area (TPSA) is 32.9 Å². The molecule has 1 aromatic carbocycles. The molecular weight excluding hydrogens is 276 g/mol. The van der Waals surface area contributed by atoms with Crippen LogP contribution in [0.3, 0.4) is 0 Å². The Labute approximate surface area is 101 Å². The third-order valence-electron chi connectivity index (χ3n) is 2.65. The zero-order valence-corrected chi connectivity index (χ0v) is 9.25. The highest BCUT2D eigenvalue weighted by Crippen LogP contribution is 2.31. The summed E-state index contributed by atoms with van der Waals surface area (Å²) in [5.41, 5.74) is -4.77. The van der Waals surface area contributed by atoms with Crippen LogP contribution in [0.25, 0.3) is 10.9 Å². The van der Waals surface area contributed by atoms with Crippen LogP contribution in [0.4, 0.5) is 26.3 Å². The highest BCUT2D eigenvalue weighted by Gasteiger charge is 2.35. The normalized spacial score (nSPS) is 12.2. The van der Waals surface area contributed by atoms with Gasteiger partial charge in [0.1, 0.15) is 5.69 Å². The second-order valence-electron chi connectivity index (χ2n) is 3.86. The van der Waals surface area contributed by atoms with Crippen molar-refractivity contribution < 1.29 is 26.3 Å². The van der Waals surface area contributed by atoms with Gasteiger partial charge in [0.2, 0.25) is 0 Å². The summed E-state index contributed by atoms with van der Waals surface area (Å²) < 4.78 is 77.6. The third kappa shape index (κ3) is 1.96. The number of alkyl halides is 3. The van der Waals surface area contributed by atoms with Gasteiger partial charge in [-0.15, -0.1) is 0 Å². The zero-order valence-electron chi connectivity index (χ0n) is 9.25. The van der Waals surface area contributed by atoms with Gasteiger partial charge in [0.25, 0.3) is 0 Å². The van der Waals surface area contributed by atoms with Crippen LogP contribution < -0.4 is 5.43 Å². The van der Waals surface area contributed by atoms with Gasteiger partial charge in [0, 0.05) is 11.6 Å². The fourth-order valence-electron chi connectivity index (χ4n) is 1.73. The molecule has 0 saturated heterocycles. The monoisotopic (exact) mass is 281 g/mol. The average molecular weight is 281 g/mol. The molecule has 1 heterocycles. The molecule has 0 fully saturated rings. The predicted molar refractivity (Wildman–Crippen MR) is 54.2 cm³/mol. The van der Waals surface area contributed by atoms with E-state index in [9.17, 15) is 31.1 Å². The molecule has 0 bridgehead atoms. The van der Waals surface area contributed by atoms with Crippen LogP contribution in [-0.2, 0) is 6.18 Å². The Morgan fingerprint density at radius 2 is 1.68 bits per heavy atom. The van der Waals surface area contributed by atoms with Gasteiger partial charge in [-0.05, 0) is 6.92 Å². The van der Waals surface area contributed by atoms with E-state index in [0.29, 0.717) is 0 Å². The van der Waals surface area contributed by atoms with E-state index in [1.807, 2.05) is 0 Å². The van der Waals surface area contributed by atoms with Gasteiger partial charge in [-0.3, -0.25) is 4.79 Å². The van der Waals surface area contributed by atoms with Crippen LogP contribution in [0.1, 0.15) is 11.3 Å². The highest BCUT2D eigenvalue weighted by molar-refractivity contribution is 5.81. The van der Waals surface area contributed by atoms with Crippen LogP contribution in [0.2, 0.25) is 0 Å². The Hall–Kier alpha value is -1.99. The van der Waals surface area contributed by atoms with Crippen molar-refractivity contribution >= 4 is 10.9 Å². The smallest absolute Gasteiger partial charge is 0.348 e. The van der Waals surface area contributed by atoms with E-state index in [0.717, 1.165) is 6.92 Å². The SMILES string of the molecule is Cc1c(C(F)(F)F)[nH]c2c(F)cc(F)c(F)c2c1=O. The molecule has 2 nitrogen and oxygen atoms in total. The molecule has 1 N–H and O–H groups in total. The Balaban J connectivity index is 3.06. The number of rotatable bonds is 0. The molecule has 0 amide bonds. The maximum absolute atomic E-state index is 13.4. The molecule has 0 spiro atoms. The Morgan fingerprint density at radius 3 is 2.21 bits per heavy atom. The lowest BCUT2D eigenvalue weighted by atomic mass is 10.1. The first-order chi connectivity index (χ1) is 8.64. The molecule has 2 rings (SSSR count). The van der Waals surface area contributed by atoms with Gasteiger partial charge in [0.05, 0.1) is 10.9 Å². The summed E-state index contributed by atoms with van der Waals surface area (Å²) in [7, 11) is 0. The maximum Gasteiger partial charge on any atom is 0.431 e. The summed E-state index contributed by atoms with van der Waals surface area (Å²) in [6.07, 6.45) is -4.94. The number of hydrogen-bond donors (Lipinski definition) is 1. The number of nitrogens with one attached hydrogen (secondary N) is 1. The van der Waals surface area contributed by atoms with E-state index in [1.165, 1.54) is 0 Å². The fraction of sp³-hybridized carbons (Fsp3) is 0.182. The molecule has 0 aliphatic carbocycles. The van der Waals surface area contributed by atoms with Gasteiger partial charge in [-0.1, -0.05) is 0 Å². The summed E-state index contributed by atoms with van der Waals surface area (Å²) in [6, 6.07) is 0.0725. The van der Waals surface area contributed by atoms with Crippen molar-refractivity contribution in [3.05, 3.63) is 45.0 Å². The molecule has 0 saturated carbocycles. The number of aromatic nitrogens is 1. The van der Waals surface area contributed by atoms with E-state index < -0.39 is 51.2 Å². The van der Waals surface area contributed by atoms with Crippen molar-refractivity contribution in [3.8, 4) is 0 Å². The fourth-order valence-corrected chi connectivity index (χ4v) is 1.73. The number of pyridine rings is 1. The quantitative estimate of drug-likeness (QED) is 0.583. The molecule has 19 heavy (non-hydrogen) atoms. The lowest BCUT2D eigenvalue weighted by molar-refractivity contribution is -0.141. The van der Waals surface area contributed by atoms with E-state index >= 15 is 0 Å². The Bertz CT molecular complexity index is 731. The largest absolute Gasteiger partial charge is 0.431 e. The number of aromatic amines is 1. The highest BCUT2D eigenvalue weighted by atomic mass is 19.4. The van der Waals surface area contributed by atoms with Gasteiger partial charge in [0.15, 0.2) is 22.9 Å². The van der Waals surface area contributed by atoms with Crippen molar-refractivity contribution in [2.45, 2.75) is 13.1 Å². The predicted octanol–water partition coefficient (Wildman–Crippen LogP) is 3.27. The van der Waals surface area contributed by atoms with Gasteiger partial charge < -0.3 is 4.98 Å². The van der Waals surface area contributed by atoms with E-state index in [4.69, 9.17) is 0 Å². The minimum absolute atomic E-state index is 0.0725. The lowest BCUT2D eigenvalue weighted by Gasteiger charge is -2.12. The first-order valence-corrected chi connectivity index (χ1v) is 4.92. The summed E-state index contributed by atoms with van der Waals surface area (Å²) in [6.45, 7) is 0.795. The van der Waals surface area contributed by atoms with Crippen LogP contribution in [0, 0.1) is 24.4 Å². The van der Waals surface area contributed by atoms with Crippen LogP contribution in [0.5, 0.6) is 0 Å². The standard InChI is InChI=1S/C11H5F6NO/c1-3-9(19)6-7(14)4(12)2-5(13)8(6)18-10(3)11(15,16)17/h2H,1H3,(H,18,19). The molecule has 0 aliphatic rings. The molecule has 0 radical (unpaired) electrons. The van der Waals surface area contributed by atoms with Crippen molar-refractivity contribution in [1.29, 1.82) is 0 Å². The number of halogens is 6. The molecule has 1 aromatic heterocycles. The van der Waals surface area contributed by atoms with Crippen molar-refractivity contribution in [2.75, 3.05) is 0 Å². The summed E-state index contributed by atoms with van der Waals surface area (Å²) >= 11 is 0. The average Bonchev–Trinajstić information content (AvgIpc) is 2.28. The van der Waals surface area contributed by atoms with Crippen molar-refractivity contribution in [1.82, 2.24) is 4.98 Å². The first-order valence-electron chi connectivity index (χ1n) is 4.92. The summed E-state index contributed by atoms with van der Waals surface area (Å²) in [5, 5.41) is -1.07. The van der Waals surface area contributed by atoms with E-state index in [1.54, 1.807) is 4.98 Å². The second kappa shape index (κ2) is 4.01. The number of benzene rings is 1. The van der Waals surface area contributed by atoms with Crippen LogP contribution in [0.15, 0.2) is 10.9 Å². The second-order valence-corrected chi connectivity index (χ2v) is 3.86. The molecule has 2 aromatic rings. The minimum Gasteiger partial charge on any atom is -0.348 e. The van der Waals surface area contributed by atoms with Gasteiger partial charge in [-0.25, -0.2) is 13.2 Å².